The summed E-state index contributed by atoms with van der Waals surface area (Å²) in [5.74, 6) is 0.435. The third-order valence-electron chi connectivity index (χ3n) is 3.02. The maximum atomic E-state index is 11.8. The minimum atomic E-state index is -0.0656. The summed E-state index contributed by atoms with van der Waals surface area (Å²) in [5.41, 5.74) is 8.37. The molecule has 0 aliphatic heterocycles. The van der Waals surface area contributed by atoms with Gasteiger partial charge in [0.2, 0.25) is 0 Å². The number of nitrogens with zero attached hydrogens (tertiary/aromatic N) is 2. The zero-order valence-corrected chi connectivity index (χ0v) is 10.9. The molecule has 0 fully saturated rings. The monoisotopic (exact) mass is 246 g/mol. The van der Waals surface area contributed by atoms with E-state index >= 15 is 0 Å². The first-order valence-electron chi connectivity index (χ1n) is 5.80. The summed E-state index contributed by atoms with van der Waals surface area (Å²) in [4.78, 5) is 13.8. The molecule has 5 nitrogen and oxygen atoms in total. The summed E-state index contributed by atoms with van der Waals surface area (Å²) >= 11 is 0. The van der Waals surface area contributed by atoms with Crippen LogP contribution in [0.3, 0.4) is 0 Å². The smallest absolute Gasteiger partial charge is 0.271 e. The van der Waals surface area contributed by atoms with Gasteiger partial charge in [-0.05, 0) is 24.6 Å². The van der Waals surface area contributed by atoms with Crippen LogP contribution in [0.15, 0.2) is 29.1 Å². The van der Waals surface area contributed by atoms with Gasteiger partial charge in [0.05, 0.1) is 12.1 Å². The maximum Gasteiger partial charge on any atom is 0.271 e. The Morgan fingerprint density at radius 2 is 1.89 bits per heavy atom. The van der Waals surface area contributed by atoms with E-state index in [1.54, 1.807) is 6.92 Å². The van der Waals surface area contributed by atoms with Crippen molar-refractivity contribution in [1.29, 1.82) is 0 Å². The highest BCUT2D eigenvalue weighted by molar-refractivity contribution is 5.46. The molecule has 2 aromatic rings. The van der Waals surface area contributed by atoms with Crippen LogP contribution in [0.1, 0.15) is 11.1 Å². The molecule has 0 radical (unpaired) electrons. The van der Waals surface area contributed by atoms with E-state index in [0.717, 1.165) is 11.3 Å². The van der Waals surface area contributed by atoms with Crippen LogP contribution in [-0.2, 0) is 6.54 Å². The molecule has 1 aromatic carbocycles. The largest absolute Gasteiger partial charge is 0.384 e. The summed E-state index contributed by atoms with van der Waals surface area (Å²) in [6, 6.07) is 8.07. The highest BCUT2D eigenvalue weighted by Gasteiger charge is 2.07. The SMILES string of the molecule is Cc1c(N)[nH]n(Cc2ccc(N(C)C)cc2)c1=O. The Balaban J connectivity index is 2.24. The number of benzene rings is 1. The minimum absolute atomic E-state index is 0.0656. The van der Waals surface area contributed by atoms with Gasteiger partial charge in [-0.2, -0.15) is 0 Å². The average molecular weight is 246 g/mol. The lowest BCUT2D eigenvalue weighted by Gasteiger charge is -2.12. The highest BCUT2D eigenvalue weighted by Crippen LogP contribution is 2.13. The van der Waals surface area contributed by atoms with Crippen LogP contribution < -0.4 is 16.2 Å². The fraction of sp³-hybridized carbons (Fsp3) is 0.308. The number of rotatable bonds is 3. The quantitative estimate of drug-likeness (QED) is 0.854. The molecular formula is C13H18N4O. The van der Waals surface area contributed by atoms with Crippen LogP contribution in [0, 0.1) is 6.92 Å². The summed E-state index contributed by atoms with van der Waals surface area (Å²) in [5, 5.41) is 2.87. The third-order valence-corrected chi connectivity index (χ3v) is 3.02. The van der Waals surface area contributed by atoms with Gasteiger partial charge >= 0.3 is 0 Å². The first kappa shape index (κ1) is 12.3. The van der Waals surface area contributed by atoms with Crippen LogP contribution in [0.5, 0.6) is 0 Å². The summed E-state index contributed by atoms with van der Waals surface area (Å²) in [7, 11) is 3.99. The lowest BCUT2D eigenvalue weighted by Crippen LogP contribution is -2.18. The molecule has 96 valence electrons. The van der Waals surface area contributed by atoms with Crippen LogP contribution in [0.25, 0.3) is 0 Å². The fourth-order valence-corrected chi connectivity index (χ4v) is 1.79. The zero-order valence-electron chi connectivity index (χ0n) is 10.9. The predicted octanol–water partition coefficient (Wildman–Crippen LogP) is 1.18. The molecular weight excluding hydrogens is 228 g/mol. The number of hydrogen-bond donors (Lipinski definition) is 2. The summed E-state index contributed by atoms with van der Waals surface area (Å²) in [6.45, 7) is 2.23. The van der Waals surface area contributed by atoms with Gasteiger partial charge in [-0.15, -0.1) is 0 Å². The van der Waals surface area contributed by atoms with Crippen molar-refractivity contribution in [2.75, 3.05) is 24.7 Å². The number of aromatic amines is 1. The summed E-state index contributed by atoms with van der Waals surface area (Å²) in [6.07, 6.45) is 0. The van der Waals surface area contributed by atoms with Gasteiger partial charge in [0.1, 0.15) is 5.82 Å². The Labute approximate surface area is 106 Å². The van der Waals surface area contributed by atoms with Crippen LogP contribution in [-0.4, -0.2) is 23.9 Å². The second kappa shape index (κ2) is 4.60. The Hall–Kier alpha value is -2.17. The van der Waals surface area contributed by atoms with Gasteiger partial charge in [-0.3, -0.25) is 9.89 Å². The molecule has 2 rings (SSSR count). The molecule has 0 saturated heterocycles. The number of anilines is 2. The predicted molar refractivity (Wildman–Crippen MR) is 74.1 cm³/mol. The molecule has 3 N–H and O–H groups in total. The molecule has 0 amide bonds. The minimum Gasteiger partial charge on any atom is -0.384 e. The van der Waals surface area contributed by atoms with Crippen LogP contribution in [0.4, 0.5) is 11.5 Å². The van der Waals surface area contributed by atoms with E-state index in [1.807, 2.05) is 43.3 Å². The average Bonchev–Trinajstić information content (AvgIpc) is 2.58. The molecule has 0 unspecified atom stereocenters. The molecule has 0 aliphatic rings. The van der Waals surface area contributed by atoms with Gasteiger partial charge in [0.25, 0.3) is 5.56 Å². The molecule has 0 saturated carbocycles. The molecule has 1 heterocycles. The number of nitrogens with one attached hydrogen (secondary N) is 1. The molecule has 1 aromatic heterocycles. The fourth-order valence-electron chi connectivity index (χ4n) is 1.79. The van der Waals surface area contributed by atoms with Gasteiger partial charge in [-0.25, -0.2) is 4.68 Å². The van der Waals surface area contributed by atoms with Crippen molar-refractivity contribution < 1.29 is 0 Å². The first-order chi connectivity index (χ1) is 8.49. The second-order valence-corrected chi connectivity index (χ2v) is 4.60. The Morgan fingerprint density at radius 1 is 1.28 bits per heavy atom. The number of hydrogen-bond acceptors (Lipinski definition) is 3. The Morgan fingerprint density at radius 3 is 2.33 bits per heavy atom. The maximum absolute atomic E-state index is 11.8. The number of nitrogens with two attached hydrogens (primary N) is 1. The van der Waals surface area contributed by atoms with E-state index in [9.17, 15) is 4.79 Å². The van der Waals surface area contributed by atoms with E-state index in [2.05, 4.69) is 5.10 Å². The molecule has 0 bridgehead atoms. The second-order valence-electron chi connectivity index (χ2n) is 4.60. The van der Waals surface area contributed by atoms with Crippen LogP contribution in [0.2, 0.25) is 0 Å². The van der Waals surface area contributed by atoms with Crippen molar-refractivity contribution in [1.82, 2.24) is 9.78 Å². The van der Waals surface area contributed by atoms with Crippen molar-refractivity contribution in [2.45, 2.75) is 13.5 Å². The van der Waals surface area contributed by atoms with Crippen molar-refractivity contribution in [3.63, 3.8) is 0 Å². The van der Waals surface area contributed by atoms with Crippen molar-refractivity contribution in [3.8, 4) is 0 Å². The van der Waals surface area contributed by atoms with E-state index in [-0.39, 0.29) is 5.56 Å². The first-order valence-corrected chi connectivity index (χ1v) is 5.80. The molecule has 5 heteroatoms. The lowest BCUT2D eigenvalue weighted by atomic mass is 10.2. The molecule has 0 atom stereocenters. The molecule has 0 aliphatic carbocycles. The highest BCUT2D eigenvalue weighted by atomic mass is 16.1. The standard InChI is InChI=1S/C13H18N4O/c1-9-12(14)15-17(13(9)18)8-10-4-6-11(7-5-10)16(2)3/h4-7,15H,8,14H2,1-3H3. The van der Waals surface area contributed by atoms with E-state index in [1.165, 1.54) is 4.68 Å². The van der Waals surface area contributed by atoms with E-state index in [4.69, 9.17) is 5.73 Å². The van der Waals surface area contributed by atoms with Gasteiger partial charge in [-0.1, -0.05) is 12.1 Å². The lowest BCUT2D eigenvalue weighted by molar-refractivity contribution is 0.665. The normalized spacial score (nSPS) is 10.6. The number of aromatic nitrogens is 2. The molecule has 18 heavy (non-hydrogen) atoms. The van der Waals surface area contributed by atoms with E-state index in [0.29, 0.717) is 17.9 Å². The van der Waals surface area contributed by atoms with Gasteiger partial charge < -0.3 is 10.6 Å². The zero-order chi connectivity index (χ0) is 13.3. The molecule has 0 spiro atoms. The van der Waals surface area contributed by atoms with Gasteiger partial charge in [0, 0.05) is 19.8 Å². The topological polar surface area (TPSA) is 67.1 Å². The van der Waals surface area contributed by atoms with E-state index < -0.39 is 0 Å². The van der Waals surface area contributed by atoms with Crippen molar-refractivity contribution in [2.24, 2.45) is 0 Å². The Bertz CT molecular complexity index is 592. The number of nitrogen functional groups attached to an aromatic ring is 1. The van der Waals surface area contributed by atoms with Gasteiger partial charge in [0.15, 0.2) is 0 Å². The number of H-pyrrole nitrogens is 1. The Kier molecular flexibility index (Phi) is 3.14. The van der Waals surface area contributed by atoms with Crippen LogP contribution >= 0.6 is 0 Å². The van der Waals surface area contributed by atoms with Crippen molar-refractivity contribution in [3.05, 3.63) is 45.7 Å². The summed E-state index contributed by atoms with van der Waals surface area (Å²) < 4.78 is 1.52. The van der Waals surface area contributed by atoms with Crippen molar-refractivity contribution >= 4 is 11.5 Å². The third kappa shape index (κ3) is 2.25.